The molecule has 1 aliphatic heterocycles. The Morgan fingerprint density at radius 2 is 2.00 bits per heavy atom. The number of carbonyl (C=O) groups excluding carboxylic acids is 1. The third-order valence-electron chi connectivity index (χ3n) is 2.51. The van der Waals surface area contributed by atoms with Crippen molar-refractivity contribution in [3.05, 3.63) is 35.9 Å². The van der Waals surface area contributed by atoms with Crippen LogP contribution in [0.15, 0.2) is 30.3 Å². The van der Waals surface area contributed by atoms with E-state index in [1.165, 1.54) is 0 Å². The normalized spacial score (nSPS) is 28.1. The molecule has 0 aliphatic carbocycles. The van der Waals surface area contributed by atoms with E-state index in [4.69, 9.17) is 4.74 Å². The lowest BCUT2D eigenvalue weighted by Gasteiger charge is -2.20. The summed E-state index contributed by atoms with van der Waals surface area (Å²) in [5.74, 6) is -2.74. The summed E-state index contributed by atoms with van der Waals surface area (Å²) in [6.45, 7) is 0. The van der Waals surface area contributed by atoms with Gasteiger partial charge in [0.2, 0.25) is 5.79 Å². The zero-order valence-electron chi connectivity index (χ0n) is 9.57. The van der Waals surface area contributed by atoms with Crippen LogP contribution < -0.4 is 0 Å². The van der Waals surface area contributed by atoms with Gasteiger partial charge in [-0.3, -0.25) is 4.18 Å². The molecule has 98 valence electrons. The predicted molar refractivity (Wildman–Crippen MR) is 60.8 cm³/mol. The molecule has 0 amide bonds. The Morgan fingerprint density at radius 1 is 1.39 bits per heavy atom. The van der Waals surface area contributed by atoms with Gasteiger partial charge in [0.25, 0.3) is 10.1 Å². The highest BCUT2D eigenvalue weighted by atomic mass is 32.2. The van der Waals surface area contributed by atoms with E-state index in [1.54, 1.807) is 30.3 Å². The van der Waals surface area contributed by atoms with Gasteiger partial charge >= 0.3 is 5.97 Å². The zero-order valence-corrected chi connectivity index (χ0v) is 10.4. The van der Waals surface area contributed by atoms with Crippen LogP contribution >= 0.6 is 0 Å². The van der Waals surface area contributed by atoms with Gasteiger partial charge in [-0.05, 0) is 0 Å². The molecule has 0 saturated carbocycles. The van der Waals surface area contributed by atoms with Crippen LogP contribution in [-0.2, 0) is 29.6 Å². The Morgan fingerprint density at radius 3 is 2.56 bits per heavy atom. The van der Waals surface area contributed by atoms with Crippen molar-refractivity contribution in [3.63, 3.8) is 0 Å². The van der Waals surface area contributed by atoms with Gasteiger partial charge in [0.15, 0.2) is 6.10 Å². The number of hydrogen-bond acceptors (Lipinski definition) is 6. The Bertz CT molecular complexity index is 552. The number of carbonyl (C=O) groups is 1. The van der Waals surface area contributed by atoms with E-state index >= 15 is 0 Å². The maximum Gasteiger partial charge on any atom is 0.339 e. The maximum atomic E-state index is 11.5. The van der Waals surface area contributed by atoms with Gasteiger partial charge in [0.1, 0.15) is 0 Å². The van der Waals surface area contributed by atoms with Crippen molar-refractivity contribution in [2.75, 3.05) is 6.26 Å². The van der Waals surface area contributed by atoms with Gasteiger partial charge in [-0.1, -0.05) is 30.3 Å². The molecule has 1 aromatic rings. The number of rotatable bonds is 3. The molecule has 0 spiro atoms. The Balaban J connectivity index is 2.22. The SMILES string of the molecule is CS(=O)(=O)OC1CC(O)(c2ccccc2)OC1=O. The molecule has 1 fully saturated rings. The Hall–Kier alpha value is -1.44. The maximum absolute atomic E-state index is 11.5. The monoisotopic (exact) mass is 272 g/mol. The van der Waals surface area contributed by atoms with E-state index in [1.807, 2.05) is 0 Å². The molecule has 1 N–H and O–H groups in total. The molecular weight excluding hydrogens is 260 g/mol. The molecule has 1 saturated heterocycles. The molecule has 2 unspecified atom stereocenters. The number of esters is 1. The van der Waals surface area contributed by atoms with Crippen molar-refractivity contribution in [3.8, 4) is 0 Å². The number of cyclic esters (lactones) is 1. The van der Waals surface area contributed by atoms with Crippen molar-refractivity contribution < 1.29 is 27.2 Å². The van der Waals surface area contributed by atoms with Crippen molar-refractivity contribution in [2.24, 2.45) is 0 Å². The topological polar surface area (TPSA) is 89.9 Å². The third kappa shape index (κ3) is 2.69. The molecule has 0 aromatic heterocycles. The standard InChI is InChI=1S/C11H12O6S/c1-18(14,15)17-9-7-11(13,16-10(9)12)8-5-3-2-4-6-8/h2-6,9,13H,7H2,1H3. The van der Waals surface area contributed by atoms with Crippen LogP contribution in [0.4, 0.5) is 0 Å². The molecular formula is C11H12O6S. The largest absolute Gasteiger partial charge is 0.427 e. The molecule has 0 bridgehead atoms. The van der Waals surface area contributed by atoms with E-state index in [0.717, 1.165) is 6.26 Å². The van der Waals surface area contributed by atoms with Crippen LogP contribution in [-0.4, -0.2) is 31.9 Å². The van der Waals surface area contributed by atoms with Crippen molar-refractivity contribution in [2.45, 2.75) is 18.3 Å². The molecule has 1 aromatic carbocycles. The molecule has 7 heteroatoms. The highest BCUT2D eigenvalue weighted by molar-refractivity contribution is 7.86. The van der Waals surface area contributed by atoms with Crippen LogP contribution in [0.2, 0.25) is 0 Å². The highest BCUT2D eigenvalue weighted by Gasteiger charge is 2.48. The second-order valence-electron chi connectivity index (χ2n) is 4.06. The fraction of sp³-hybridized carbons (Fsp3) is 0.364. The average Bonchev–Trinajstić information content (AvgIpc) is 2.54. The van der Waals surface area contributed by atoms with Gasteiger partial charge in [-0.25, -0.2) is 4.79 Å². The van der Waals surface area contributed by atoms with E-state index in [9.17, 15) is 18.3 Å². The minimum Gasteiger partial charge on any atom is -0.427 e. The summed E-state index contributed by atoms with van der Waals surface area (Å²) in [7, 11) is -3.78. The van der Waals surface area contributed by atoms with E-state index < -0.39 is 28.0 Å². The van der Waals surface area contributed by atoms with Crippen LogP contribution in [0.1, 0.15) is 12.0 Å². The van der Waals surface area contributed by atoms with Gasteiger partial charge in [0.05, 0.1) is 12.7 Å². The lowest BCUT2D eigenvalue weighted by Crippen LogP contribution is -2.25. The summed E-state index contributed by atoms with van der Waals surface area (Å²) in [5, 5.41) is 10.2. The summed E-state index contributed by atoms with van der Waals surface area (Å²) in [5.41, 5.74) is 0.373. The summed E-state index contributed by atoms with van der Waals surface area (Å²) in [6.07, 6.45) is -0.742. The zero-order chi connectivity index (χ0) is 13.4. The first kappa shape index (κ1) is 13.0. The molecule has 0 radical (unpaired) electrons. The minimum atomic E-state index is -3.78. The molecule has 2 atom stereocenters. The van der Waals surface area contributed by atoms with E-state index in [0.29, 0.717) is 5.56 Å². The highest BCUT2D eigenvalue weighted by Crippen LogP contribution is 2.35. The summed E-state index contributed by atoms with van der Waals surface area (Å²) in [6, 6.07) is 8.25. The molecule has 1 aliphatic rings. The molecule has 1 heterocycles. The van der Waals surface area contributed by atoms with Crippen molar-refractivity contribution in [1.29, 1.82) is 0 Å². The number of ether oxygens (including phenoxy) is 1. The third-order valence-corrected chi connectivity index (χ3v) is 3.09. The molecule has 6 nitrogen and oxygen atoms in total. The van der Waals surface area contributed by atoms with Crippen LogP contribution in [0.25, 0.3) is 0 Å². The summed E-state index contributed by atoms with van der Waals surface area (Å²) < 4.78 is 31.3. The van der Waals surface area contributed by atoms with E-state index in [-0.39, 0.29) is 6.42 Å². The summed E-state index contributed by atoms with van der Waals surface area (Å²) >= 11 is 0. The minimum absolute atomic E-state index is 0.261. The number of hydrogen-bond donors (Lipinski definition) is 1. The van der Waals surface area contributed by atoms with E-state index in [2.05, 4.69) is 4.18 Å². The van der Waals surface area contributed by atoms with Crippen molar-refractivity contribution in [1.82, 2.24) is 0 Å². The quantitative estimate of drug-likeness (QED) is 0.621. The number of aliphatic hydroxyl groups is 1. The average molecular weight is 272 g/mol. The molecule has 2 rings (SSSR count). The fourth-order valence-corrected chi connectivity index (χ4v) is 2.34. The summed E-state index contributed by atoms with van der Waals surface area (Å²) in [4.78, 5) is 11.5. The second kappa shape index (κ2) is 4.34. The first-order chi connectivity index (χ1) is 8.30. The first-order valence-corrected chi connectivity index (χ1v) is 7.01. The second-order valence-corrected chi connectivity index (χ2v) is 5.67. The Labute approximate surface area is 104 Å². The van der Waals surface area contributed by atoms with Crippen LogP contribution in [0, 0.1) is 0 Å². The van der Waals surface area contributed by atoms with Gasteiger partial charge in [-0.15, -0.1) is 0 Å². The van der Waals surface area contributed by atoms with Gasteiger partial charge in [-0.2, -0.15) is 8.42 Å². The Kier molecular flexibility index (Phi) is 3.14. The van der Waals surface area contributed by atoms with Crippen LogP contribution in [0.5, 0.6) is 0 Å². The lowest BCUT2D eigenvalue weighted by atomic mass is 10.0. The first-order valence-electron chi connectivity index (χ1n) is 5.19. The lowest BCUT2D eigenvalue weighted by molar-refractivity contribution is -0.193. The fourth-order valence-electron chi connectivity index (χ4n) is 1.77. The van der Waals surface area contributed by atoms with Crippen molar-refractivity contribution >= 4 is 16.1 Å². The van der Waals surface area contributed by atoms with Crippen LogP contribution in [0.3, 0.4) is 0 Å². The smallest absolute Gasteiger partial charge is 0.339 e. The van der Waals surface area contributed by atoms with Gasteiger partial charge < -0.3 is 9.84 Å². The number of benzene rings is 1. The molecule has 18 heavy (non-hydrogen) atoms. The van der Waals surface area contributed by atoms with Gasteiger partial charge in [0, 0.05) is 5.56 Å². The predicted octanol–water partition coefficient (Wildman–Crippen LogP) is 0.123.